The van der Waals surface area contributed by atoms with Crippen molar-refractivity contribution < 1.29 is 9.53 Å². The number of nitrogens with one attached hydrogen (secondary N) is 1. The lowest BCUT2D eigenvalue weighted by Gasteiger charge is -2.14. The van der Waals surface area contributed by atoms with E-state index in [0.717, 1.165) is 16.9 Å². The molecule has 0 saturated heterocycles. The Bertz CT molecular complexity index is 629. The highest BCUT2D eigenvalue weighted by molar-refractivity contribution is 5.85. The van der Waals surface area contributed by atoms with Gasteiger partial charge in [0.05, 0.1) is 12.6 Å². The Hall–Kier alpha value is -2.04. The molecule has 0 heterocycles. The van der Waals surface area contributed by atoms with Crippen molar-refractivity contribution in [1.29, 1.82) is 0 Å². The van der Waals surface area contributed by atoms with Crippen LogP contribution in [0.25, 0.3) is 0 Å². The zero-order chi connectivity index (χ0) is 15.9. The zero-order valence-electron chi connectivity index (χ0n) is 13.4. The van der Waals surface area contributed by atoms with Gasteiger partial charge in [0.2, 0.25) is 5.91 Å². The first-order valence-corrected chi connectivity index (χ1v) is 7.36. The van der Waals surface area contributed by atoms with E-state index in [1.54, 1.807) is 0 Å². The van der Waals surface area contributed by atoms with Crippen molar-refractivity contribution in [3.8, 4) is 5.75 Å². The summed E-state index contributed by atoms with van der Waals surface area (Å²) in [6, 6.07) is 15.9. The molecule has 3 N–H and O–H groups in total. The van der Waals surface area contributed by atoms with Crippen LogP contribution in [0.3, 0.4) is 0 Å². The average molecular weight is 335 g/mol. The smallest absolute Gasteiger partial charge is 0.234 e. The summed E-state index contributed by atoms with van der Waals surface area (Å²) in [5, 5.41) is 2.82. The predicted octanol–water partition coefficient (Wildman–Crippen LogP) is 3.13. The van der Waals surface area contributed by atoms with Crippen LogP contribution in [0.5, 0.6) is 5.75 Å². The van der Waals surface area contributed by atoms with Gasteiger partial charge in [-0.25, -0.2) is 0 Å². The largest absolute Gasteiger partial charge is 0.489 e. The van der Waals surface area contributed by atoms with Gasteiger partial charge in [-0.15, -0.1) is 12.4 Å². The van der Waals surface area contributed by atoms with E-state index in [1.165, 1.54) is 5.56 Å². The summed E-state index contributed by atoms with van der Waals surface area (Å²) in [5.41, 5.74) is 8.68. The number of hydrogen-bond donors (Lipinski definition) is 2. The maximum absolute atomic E-state index is 11.3. The molecular weight excluding hydrogens is 312 g/mol. The van der Waals surface area contributed by atoms with Gasteiger partial charge >= 0.3 is 0 Å². The maximum atomic E-state index is 11.3. The van der Waals surface area contributed by atoms with Crippen molar-refractivity contribution in [2.45, 2.75) is 26.5 Å². The Morgan fingerprint density at radius 1 is 1.22 bits per heavy atom. The summed E-state index contributed by atoms with van der Waals surface area (Å²) < 4.78 is 5.78. The molecule has 124 valence electrons. The molecule has 1 amide bonds. The lowest BCUT2D eigenvalue weighted by atomic mass is 10.1. The molecule has 2 rings (SSSR count). The lowest BCUT2D eigenvalue weighted by molar-refractivity contribution is -0.120. The second-order valence-electron chi connectivity index (χ2n) is 5.34. The van der Waals surface area contributed by atoms with Crippen molar-refractivity contribution in [2.75, 3.05) is 6.54 Å². The first kappa shape index (κ1) is 19.0. The molecule has 0 aliphatic heterocycles. The molecule has 0 fully saturated rings. The Balaban J connectivity index is 0.00000264. The molecule has 23 heavy (non-hydrogen) atoms. The number of carbonyl (C=O) groups excluding carboxylic acids is 1. The van der Waals surface area contributed by atoms with E-state index in [9.17, 15) is 4.79 Å². The molecule has 0 radical (unpaired) electrons. The fourth-order valence-corrected chi connectivity index (χ4v) is 2.21. The molecule has 0 saturated carbocycles. The molecule has 0 aromatic heterocycles. The van der Waals surface area contributed by atoms with Gasteiger partial charge in [-0.05, 0) is 37.1 Å². The minimum absolute atomic E-state index is 0. The second-order valence-corrected chi connectivity index (χ2v) is 5.34. The quantitative estimate of drug-likeness (QED) is 0.853. The first-order valence-electron chi connectivity index (χ1n) is 7.36. The summed E-state index contributed by atoms with van der Waals surface area (Å²) in [6.07, 6.45) is 0. The third-order valence-electron chi connectivity index (χ3n) is 3.43. The number of halogens is 1. The monoisotopic (exact) mass is 334 g/mol. The van der Waals surface area contributed by atoms with Gasteiger partial charge in [0, 0.05) is 0 Å². The number of amides is 1. The summed E-state index contributed by atoms with van der Waals surface area (Å²) in [4.78, 5) is 11.3. The van der Waals surface area contributed by atoms with Crippen molar-refractivity contribution in [3.05, 3.63) is 65.2 Å². The van der Waals surface area contributed by atoms with E-state index in [-0.39, 0.29) is 30.9 Å². The van der Waals surface area contributed by atoms with Crippen LogP contribution in [0, 0.1) is 6.92 Å². The molecule has 1 atom stereocenters. The number of nitrogens with two attached hydrogens (primary N) is 1. The van der Waals surface area contributed by atoms with Crippen LogP contribution < -0.4 is 15.8 Å². The molecule has 5 heteroatoms. The molecule has 0 aliphatic rings. The average Bonchev–Trinajstić information content (AvgIpc) is 2.53. The highest BCUT2D eigenvalue weighted by Crippen LogP contribution is 2.18. The topological polar surface area (TPSA) is 64.3 Å². The number of hydrogen-bond acceptors (Lipinski definition) is 3. The van der Waals surface area contributed by atoms with Crippen molar-refractivity contribution in [2.24, 2.45) is 5.73 Å². The minimum Gasteiger partial charge on any atom is -0.489 e. The van der Waals surface area contributed by atoms with Gasteiger partial charge in [0.1, 0.15) is 12.4 Å². The zero-order valence-corrected chi connectivity index (χ0v) is 14.2. The van der Waals surface area contributed by atoms with Gasteiger partial charge in [-0.2, -0.15) is 0 Å². The molecule has 2 aromatic carbocycles. The Labute approximate surface area is 143 Å². The predicted molar refractivity (Wildman–Crippen MR) is 94.8 cm³/mol. The van der Waals surface area contributed by atoms with Gasteiger partial charge in [-0.1, -0.05) is 42.0 Å². The molecule has 0 spiro atoms. The number of rotatable bonds is 6. The molecule has 2 aromatic rings. The SMILES string of the molecule is Cc1cccc(COc2ccc(C(C)NC(=O)CN)cc2)c1.Cl. The van der Waals surface area contributed by atoms with E-state index >= 15 is 0 Å². The Morgan fingerprint density at radius 2 is 1.91 bits per heavy atom. The van der Waals surface area contributed by atoms with E-state index in [2.05, 4.69) is 24.4 Å². The van der Waals surface area contributed by atoms with Gasteiger partial charge in [0.15, 0.2) is 0 Å². The molecule has 4 nitrogen and oxygen atoms in total. The highest BCUT2D eigenvalue weighted by atomic mass is 35.5. The number of benzene rings is 2. The lowest BCUT2D eigenvalue weighted by Crippen LogP contribution is -2.32. The number of aryl methyl sites for hydroxylation is 1. The maximum Gasteiger partial charge on any atom is 0.234 e. The van der Waals surface area contributed by atoms with Crippen LogP contribution in [0.15, 0.2) is 48.5 Å². The minimum atomic E-state index is -0.160. The molecule has 0 bridgehead atoms. The van der Waals surface area contributed by atoms with Crippen LogP contribution in [0.4, 0.5) is 0 Å². The molecule has 1 unspecified atom stereocenters. The van der Waals surface area contributed by atoms with Crippen LogP contribution in [0.2, 0.25) is 0 Å². The van der Waals surface area contributed by atoms with E-state index in [1.807, 2.05) is 43.3 Å². The Kier molecular flexibility index (Phi) is 7.59. The summed E-state index contributed by atoms with van der Waals surface area (Å²) in [6.45, 7) is 4.54. The van der Waals surface area contributed by atoms with Crippen LogP contribution >= 0.6 is 12.4 Å². The Morgan fingerprint density at radius 3 is 2.52 bits per heavy atom. The molecule has 0 aliphatic carbocycles. The normalized spacial score (nSPS) is 11.3. The van der Waals surface area contributed by atoms with E-state index in [0.29, 0.717) is 6.61 Å². The first-order chi connectivity index (χ1) is 10.6. The van der Waals surface area contributed by atoms with Gasteiger partial charge in [0.25, 0.3) is 0 Å². The van der Waals surface area contributed by atoms with Crippen molar-refractivity contribution >= 4 is 18.3 Å². The van der Waals surface area contributed by atoms with Gasteiger partial charge in [-0.3, -0.25) is 4.79 Å². The van der Waals surface area contributed by atoms with Crippen LogP contribution in [-0.2, 0) is 11.4 Å². The fraction of sp³-hybridized carbons (Fsp3) is 0.278. The third kappa shape index (κ3) is 5.93. The van der Waals surface area contributed by atoms with Crippen molar-refractivity contribution in [3.63, 3.8) is 0 Å². The van der Waals surface area contributed by atoms with Crippen molar-refractivity contribution in [1.82, 2.24) is 5.32 Å². The summed E-state index contributed by atoms with van der Waals surface area (Å²) in [7, 11) is 0. The second kappa shape index (κ2) is 9.18. The molecular formula is C18H23ClN2O2. The summed E-state index contributed by atoms with van der Waals surface area (Å²) >= 11 is 0. The number of ether oxygens (including phenoxy) is 1. The highest BCUT2D eigenvalue weighted by Gasteiger charge is 2.08. The standard InChI is InChI=1S/C18H22N2O2.ClH/c1-13-4-3-5-15(10-13)12-22-17-8-6-16(7-9-17)14(2)20-18(21)11-19;/h3-10,14H,11-12,19H2,1-2H3,(H,20,21);1H. The third-order valence-corrected chi connectivity index (χ3v) is 3.43. The van der Waals surface area contributed by atoms with E-state index < -0.39 is 0 Å². The number of carbonyl (C=O) groups is 1. The van der Waals surface area contributed by atoms with Gasteiger partial charge < -0.3 is 15.8 Å². The fourth-order valence-electron chi connectivity index (χ4n) is 2.21. The van der Waals surface area contributed by atoms with Crippen LogP contribution in [0.1, 0.15) is 29.7 Å². The summed E-state index contributed by atoms with van der Waals surface area (Å²) in [5.74, 6) is 0.648. The van der Waals surface area contributed by atoms with Crippen LogP contribution in [-0.4, -0.2) is 12.5 Å². The van der Waals surface area contributed by atoms with E-state index in [4.69, 9.17) is 10.5 Å².